The summed E-state index contributed by atoms with van der Waals surface area (Å²) in [6.45, 7) is 6.21. The second-order valence-electron chi connectivity index (χ2n) is 6.92. The maximum absolute atomic E-state index is 11.1. The van der Waals surface area contributed by atoms with Crippen LogP contribution in [0.15, 0.2) is 30.7 Å². The molecule has 11 heteroatoms. The van der Waals surface area contributed by atoms with Crippen molar-refractivity contribution in [1.29, 1.82) is 0 Å². The van der Waals surface area contributed by atoms with E-state index in [4.69, 9.17) is 5.11 Å². The first-order valence-electron chi connectivity index (χ1n) is 9.21. The average Bonchev–Trinajstić information content (AvgIpc) is 3.31. The summed E-state index contributed by atoms with van der Waals surface area (Å²) in [4.78, 5) is 34.7. The van der Waals surface area contributed by atoms with Gasteiger partial charge in [-0.2, -0.15) is 0 Å². The van der Waals surface area contributed by atoms with Crippen molar-refractivity contribution >= 4 is 45.2 Å². The van der Waals surface area contributed by atoms with Gasteiger partial charge in [0.1, 0.15) is 23.0 Å². The molecule has 0 saturated heterocycles. The Balaban J connectivity index is 1.62. The van der Waals surface area contributed by atoms with Crippen LogP contribution >= 0.6 is 11.3 Å². The lowest BCUT2D eigenvalue weighted by molar-refractivity contribution is 0.203. The highest BCUT2D eigenvalue weighted by atomic mass is 32.1. The zero-order valence-electron chi connectivity index (χ0n) is 16.9. The van der Waals surface area contributed by atoms with Crippen molar-refractivity contribution in [3.63, 3.8) is 0 Å². The molecule has 10 nitrogen and oxygen atoms in total. The lowest BCUT2D eigenvalue weighted by Crippen LogP contribution is -2.23. The van der Waals surface area contributed by atoms with Gasteiger partial charge in [0.2, 0.25) is 0 Å². The Hall–Kier alpha value is -3.60. The van der Waals surface area contributed by atoms with Gasteiger partial charge in [-0.25, -0.2) is 29.7 Å². The Kier molecular flexibility index (Phi) is 5.04. The van der Waals surface area contributed by atoms with E-state index in [1.807, 2.05) is 13.0 Å². The third-order valence-corrected chi connectivity index (χ3v) is 5.54. The molecule has 154 valence electrons. The van der Waals surface area contributed by atoms with Crippen molar-refractivity contribution in [3.8, 4) is 10.7 Å². The van der Waals surface area contributed by atoms with E-state index < -0.39 is 6.09 Å². The quantitative estimate of drug-likeness (QED) is 0.491. The summed E-state index contributed by atoms with van der Waals surface area (Å²) in [6.07, 6.45) is 3.85. The number of anilines is 3. The number of amides is 1. The third-order valence-electron chi connectivity index (χ3n) is 4.47. The lowest BCUT2D eigenvalue weighted by Gasteiger charge is -2.11. The number of nitrogens with one attached hydrogen (secondary N) is 1. The number of pyridine rings is 1. The Bertz CT molecular complexity index is 1230. The second-order valence-corrected chi connectivity index (χ2v) is 7.93. The highest BCUT2D eigenvalue weighted by molar-refractivity contribution is 7.19. The summed E-state index contributed by atoms with van der Waals surface area (Å²) in [5.74, 6) is 2.60. The fourth-order valence-corrected chi connectivity index (χ4v) is 3.93. The van der Waals surface area contributed by atoms with Crippen molar-refractivity contribution in [2.24, 2.45) is 0 Å². The van der Waals surface area contributed by atoms with Crippen molar-refractivity contribution in [2.45, 2.75) is 26.8 Å². The molecule has 0 fully saturated rings. The zero-order valence-corrected chi connectivity index (χ0v) is 17.7. The van der Waals surface area contributed by atoms with E-state index in [0.29, 0.717) is 27.5 Å². The molecule has 0 atom stereocenters. The molecule has 30 heavy (non-hydrogen) atoms. The number of carbonyl (C=O) groups is 1. The van der Waals surface area contributed by atoms with Gasteiger partial charge in [-0.05, 0) is 26.8 Å². The molecule has 4 heterocycles. The zero-order chi connectivity index (χ0) is 21.4. The number of aromatic nitrogens is 6. The lowest BCUT2D eigenvalue weighted by atomic mass is 10.3. The van der Waals surface area contributed by atoms with Gasteiger partial charge in [-0.15, -0.1) is 0 Å². The summed E-state index contributed by atoms with van der Waals surface area (Å²) < 4.78 is 2.16. The van der Waals surface area contributed by atoms with Crippen LogP contribution in [0, 0.1) is 6.92 Å². The minimum atomic E-state index is -1.08. The molecular formula is C19H20N8O2S. The van der Waals surface area contributed by atoms with Gasteiger partial charge in [0.25, 0.3) is 0 Å². The van der Waals surface area contributed by atoms with Crippen LogP contribution in [0.5, 0.6) is 0 Å². The molecule has 0 aliphatic rings. The standard InChI is InChI=1S/C19H20N8O2S/c1-10(2)27-11(3)23-12-8-21-16(7-13(12)27)24-15-5-6-20-17(25-15)14-9-22-18(30-14)26(4)19(28)29/h5-10H,1-4H3,(H,28,29)(H,20,21,24,25). The number of thiazole rings is 1. The Morgan fingerprint density at radius 1 is 1.20 bits per heavy atom. The average molecular weight is 424 g/mol. The first-order valence-corrected chi connectivity index (χ1v) is 10.0. The van der Waals surface area contributed by atoms with E-state index in [0.717, 1.165) is 21.8 Å². The summed E-state index contributed by atoms with van der Waals surface area (Å²) in [5.41, 5.74) is 1.84. The molecule has 0 bridgehead atoms. The molecule has 0 radical (unpaired) electrons. The molecule has 0 aliphatic carbocycles. The van der Waals surface area contributed by atoms with Crippen LogP contribution in [0.25, 0.3) is 21.7 Å². The SMILES string of the molecule is Cc1nc2cnc(Nc3ccnc(-c4cnc(N(C)C(=O)O)s4)n3)cc2n1C(C)C. The fourth-order valence-electron chi connectivity index (χ4n) is 3.12. The van der Waals surface area contributed by atoms with Gasteiger partial charge < -0.3 is 15.0 Å². The predicted octanol–water partition coefficient (Wildman–Crippen LogP) is 4.09. The van der Waals surface area contributed by atoms with Gasteiger partial charge in [0, 0.05) is 25.4 Å². The van der Waals surface area contributed by atoms with E-state index in [1.54, 1.807) is 24.7 Å². The van der Waals surface area contributed by atoms with Crippen molar-refractivity contribution in [3.05, 3.63) is 36.5 Å². The first-order chi connectivity index (χ1) is 14.3. The molecule has 4 aromatic heterocycles. The van der Waals surface area contributed by atoms with Crippen molar-refractivity contribution in [1.82, 2.24) is 29.5 Å². The molecule has 0 saturated carbocycles. The number of imidazole rings is 1. The highest BCUT2D eigenvalue weighted by Gasteiger charge is 2.16. The van der Waals surface area contributed by atoms with Crippen LogP contribution in [0.2, 0.25) is 0 Å². The molecule has 2 N–H and O–H groups in total. The largest absolute Gasteiger partial charge is 0.465 e. The molecule has 1 amide bonds. The number of rotatable bonds is 5. The number of carboxylic acid groups (broad SMARTS) is 1. The van der Waals surface area contributed by atoms with E-state index >= 15 is 0 Å². The fraction of sp³-hybridized carbons (Fsp3) is 0.263. The van der Waals surface area contributed by atoms with Crippen LogP contribution in [-0.4, -0.2) is 47.7 Å². The van der Waals surface area contributed by atoms with Gasteiger partial charge in [-0.1, -0.05) is 11.3 Å². The summed E-state index contributed by atoms with van der Waals surface area (Å²) in [5, 5.41) is 12.6. The van der Waals surface area contributed by atoms with Crippen LogP contribution in [0.4, 0.5) is 21.6 Å². The smallest absolute Gasteiger partial charge is 0.413 e. The maximum Gasteiger partial charge on any atom is 0.413 e. The summed E-state index contributed by atoms with van der Waals surface area (Å²) in [7, 11) is 1.44. The summed E-state index contributed by atoms with van der Waals surface area (Å²) in [6, 6.07) is 3.97. The number of aryl methyl sites for hydroxylation is 1. The molecule has 0 spiro atoms. The van der Waals surface area contributed by atoms with Crippen LogP contribution < -0.4 is 10.2 Å². The molecule has 0 aliphatic heterocycles. The minimum absolute atomic E-state index is 0.278. The van der Waals surface area contributed by atoms with Crippen molar-refractivity contribution < 1.29 is 9.90 Å². The van der Waals surface area contributed by atoms with E-state index in [9.17, 15) is 4.79 Å². The van der Waals surface area contributed by atoms with E-state index in [-0.39, 0.29) is 6.04 Å². The number of fused-ring (bicyclic) bond motifs is 1. The third kappa shape index (κ3) is 3.66. The van der Waals surface area contributed by atoms with Gasteiger partial charge in [0.05, 0.1) is 22.8 Å². The molecule has 4 aromatic rings. The predicted molar refractivity (Wildman–Crippen MR) is 116 cm³/mol. The van der Waals surface area contributed by atoms with Gasteiger partial charge >= 0.3 is 6.09 Å². The Morgan fingerprint density at radius 3 is 2.73 bits per heavy atom. The summed E-state index contributed by atoms with van der Waals surface area (Å²) >= 11 is 1.20. The second kappa shape index (κ2) is 7.67. The number of hydrogen-bond donors (Lipinski definition) is 2. The molecular weight excluding hydrogens is 404 g/mol. The van der Waals surface area contributed by atoms with E-state index in [2.05, 4.69) is 48.7 Å². The van der Waals surface area contributed by atoms with Crippen LogP contribution in [-0.2, 0) is 0 Å². The monoisotopic (exact) mass is 424 g/mol. The minimum Gasteiger partial charge on any atom is -0.465 e. The Labute approximate surface area is 176 Å². The highest BCUT2D eigenvalue weighted by Crippen LogP contribution is 2.29. The topological polar surface area (TPSA) is 122 Å². The number of hydrogen-bond acceptors (Lipinski definition) is 8. The molecule has 0 unspecified atom stereocenters. The Morgan fingerprint density at radius 2 is 2.00 bits per heavy atom. The maximum atomic E-state index is 11.1. The molecule has 4 rings (SSSR count). The normalized spacial score (nSPS) is 11.2. The van der Waals surface area contributed by atoms with Gasteiger partial charge in [0.15, 0.2) is 11.0 Å². The first kappa shape index (κ1) is 19.7. The van der Waals surface area contributed by atoms with Crippen LogP contribution in [0.1, 0.15) is 25.7 Å². The van der Waals surface area contributed by atoms with Crippen LogP contribution in [0.3, 0.4) is 0 Å². The van der Waals surface area contributed by atoms with Crippen molar-refractivity contribution in [2.75, 3.05) is 17.3 Å². The molecule has 0 aromatic carbocycles. The number of nitrogens with zero attached hydrogens (tertiary/aromatic N) is 7. The van der Waals surface area contributed by atoms with Gasteiger partial charge in [-0.3, -0.25) is 4.90 Å². The van der Waals surface area contributed by atoms with E-state index in [1.165, 1.54) is 18.4 Å².